The number of carbonyl (C=O) groups is 2. The van der Waals surface area contributed by atoms with E-state index in [0.717, 1.165) is 11.3 Å². The van der Waals surface area contributed by atoms with Gasteiger partial charge in [-0.3, -0.25) is 9.59 Å². The molecule has 0 radical (unpaired) electrons. The second-order valence-electron chi connectivity index (χ2n) is 7.15. The Labute approximate surface area is 186 Å². The molecule has 1 heterocycles. The molecule has 31 heavy (non-hydrogen) atoms. The van der Waals surface area contributed by atoms with Crippen LogP contribution in [0.5, 0.6) is 5.75 Å². The van der Waals surface area contributed by atoms with E-state index in [1.807, 2.05) is 49.7 Å². The highest BCUT2D eigenvalue weighted by atomic mass is 32.2. The van der Waals surface area contributed by atoms with E-state index in [9.17, 15) is 9.59 Å². The van der Waals surface area contributed by atoms with Crippen molar-refractivity contribution in [2.24, 2.45) is 7.05 Å². The molecule has 0 aliphatic rings. The molecule has 0 spiro atoms. The third-order valence-corrected chi connectivity index (χ3v) is 6.24. The van der Waals surface area contributed by atoms with Crippen LogP contribution in [0.3, 0.4) is 0 Å². The SMILES string of the molecule is CCC(Sc1nnc(COc2ccccc2C)n1C)C(=O)Nc1ccc(C(C)=O)cc1. The number of amides is 1. The second kappa shape index (κ2) is 10.3. The van der Waals surface area contributed by atoms with Crippen LogP contribution in [0.15, 0.2) is 53.7 Å². The number of ether oxygens (including phenoxy) is 1. The smallest absolute Gasteiger partial charge is 0.237 e. The summed E-state index contributed by atoms with van der Waals surface area (Å²) in [7, 11) is 1.87. The molecule has 1 N–H and O–H groups in total. The maximum atomic E-state index is 12.8. The van der Waals surface area contributed by atoms with Crippen LogP contribution < -0.4 is 10.1 Å². The maximum absolute atomic E-state index is 12.8. The molecule has 0 aliphatic heterocycles. The lowest BCUT2D eigenvalue weighted by Gasteiger charge is -2.14. The highest BCUT2D eigenvalue weighted by molar-refractivity contribution is 8.00. The van der Waals surface area contributed by atoms with Crippen LogP contribution in [-0.2, 0) is 18.4 Å². The van der Waals surface area contributed by atoms with Crippen LogP contribution in [0.25, 0.3) is 0 Å². The zero-order chi connectivity index (χ0) is 22.4. The number of thioether (sulfide) groups is 1. The summed E-state index contributed by atoms with van der Waals surface area (Å²) in [6.45, 7) is 5.75. The minimum absolute atomic E-state index is 0.00985. The number of rotatable bonds is 9. The van der Waals surface area contributed by atoms with Gasteiger partial charge >= 0.3 is 0 Å². The standard InChI is InChI=1S/C23H26N4O3S/c1-5-20(22(29)24-18-12-10-17(11-13-18)16(3)28)31-23-26-25-21(27(23)4)14-30-19-9-7-6-8-15(19)2/h6-13,20H,5,14H2,1-4H3,(H,24,29). The first-order chi connectivity index (χ1) is 14.9. The van der Waals surface area contributed by atoms with Crippen LogP contribution in [0, 0.1) is 6.92 Å². The largest absolute Gasteiger partial charge is 0.485 e. The number of hydrogen-bond acceptors (Lipinski definition) is 6. The van der Waals surface area contributed by atoms with E-state index >= 15 is 0 Å². The van der Waals surface area contributed by atoms with Crippen molar-refractivity contribution < 1.29 is 14.3 Å². The zero-order valence-corrected chi connectivity index (χ0v) is 18.9. The molecule has 1 aromatic heterocycles. The predicted molar refractivity (Wildman–Crippen MR) is 122 cm³/mol. The Kier molecular flexibility index (Phi) is 7.46. The number of anilines is 1. The highest BCUT2D eigenvalue weighted by Gasteiger charge is 2.22. The summed E-state index contributed by atoms with van der Waals surface area (Å²) in [5.41, 5.74) is 2.32. The average molecular weight is 439 g/mol. The van der Waals surface area contributed by atoms with Gasteiger partial charge in [0.1, 0.15) is 12.4 Å². The summed E-state index contributed by atoms with van der Waals surface area (Å²) in [5, 5.41) is 11.7. The summed E-state index contributed by atoms with van der Waals surface area (Å²) in [6.07, 6.45) is 0.629. The Morgan fingerprint density at radius 3 is 2.48 bits per heavy atom. The molecule has 3 aromatic rings. The van der Waals surface area contributed by atoms with E-state index < -0.39 is 0 Å². The van der Waals surface area contributed by atoms with Crippen LogP contribution >= 0.6 is 11.8 Å². The summed E-state index contributed by atoms with van der Waals surface area (Å²) in [5.74, 6) is 1.36. The van der Waals surface area contributed by atoms with Gasteiger partial charge in [-0.25, -0.2) is 0 Å². The molecule has 0 saturated carbocycles. The van der Waals surface area contributed by atoms with Gasteiger partial charge in [0.25, 0.3) is 0 Å². The fourth-order valence-corrected chi connectivity index (χ4v) is 3.83. The Morgan fingerprint density at radius 2 is 1.84 bits per heavy atom. The Bertz CT molecular complexity index is 1060. The van der Waals surface area contributed by atoms with Crippen LogP contribution in [0.2, 0.25) is 0 Å². The number of Topliss-reactive ketones (excluding diaryl/α,β-unsaturated/α-hetero) is 1. The molecule has 0 saturated heterocycles. The van der Waals surface area contributed by atoms with E-state index in [0.29, 0.717) is 35.3 Å². The first kappa shape index (κ1) is 22.6. The quantitative estimate of drug-likeness (QED) is 0.393. The second-order valence-corrected chi connectivity index (χ2v) is 8.32. The molecule has 0 fully saturated rings. The lowest BCUT2D eigenvalue weighted by molar-refractivity contribution is -0.115. The molecular weight excluding hydrogens is 412 g/mol. The number of carbonyl (C=O) groups excluding carboxylic acids is 2. The van der Waals surface area contributed by atoms with Gasteiger partial charge in [-0.2, -0.15) is 0 Å². The molecule has 0 aliphatic carbocycles. The van der Waals surface area contributed by atoms with E-state index in [-0.39, 0.29) is 16.9 Å². The van der Waals surface area contributed by atoms with Gasteiger partial charge < -0.3 is 14.6 Å². The van der Waals surface area contributed by atoms with Crippen LogP contribution in [-0.4, -0.2) is 31.7 Å². The van der Waals surface area contributed by atoms with Gasteiger partial charge in [0.15, 0.2) is 16.8 Å². The van der Waals surface area contributed by atoms with Crippen molar-refractivity contribution in [1.82, 2.24) is 14.8 Å². The number of nitrogens with zero attached hydrogens (tertiary/aromatic N) is 3. The van der Waals surface area contributed by atoms with Gasteiger partial charge in [0, 0.05) is 18.3 Å². The van der Waals surface area contributed by atoms with Crippen molar-refractivity contribution in [1.29, 1.82) is 0 Å². The Balaban J connectivity index is 1.62. The van der Waals surface area contributed by atoms with Crippen molar-refractivity contribution in [2.45, 2.75) is 44.2 Å². The fraction of sp³-hybridized carbons (Fsp3) is 0.304. The Hall–Kier alpha value is -3.13. The molecule has 1 atom stereocenters. The molecule has 1 amide bonds. The van der Waals surface area contributed by atoms with Crippen molar-refractivity contribution in [2.75, 3.05) is 5.32 Å². The number of hydrogen-bond donors (Lipinski definition) is 1. The lowest BCUT2D eigenvalue weighted by Crippen LogP contribution is -2.25. The molecule has 2 aromatic carbocycles. The van der Waals surface area contributed by atoms with Gasteiger partial charge in [0.2, 0.25) is 5.91 Å². The van der Waals surface area contributed by atoms with Gasteiger partial charge in [-0.1, -0.05) is 36.9 Å². The van der Waals surface area contributed by atoms with Gasteiger partial charge in [-0.05, 0) is 56.2 Å². The van der Waals surface area contributed by atoms with Crippen molar-refractivity contribution in [3.63, 3.8) is 0 Å². The normalized spacial score (nSPS) is 11.7. The van der Waals surface area contributed by atoms with Crippen molar-refractivity contribution in [3.05, 3.63) is 65.5 Å². The number of para-hydroxylation sites is 1. The maximum Gasteiger partial charge on any atom is 0.237 e. The average Bonchev–Trinajstić information content (AvgIpc) is 3.11. The fourth-order valence-electron chi connectivity index (χ4n) is 2.89. The number of benzene rings is 2. The van der Waals surface area contributed by atoms with Gasteiger partial charge in [0.05, 0.1) is 5.25 Å². The molecule has 7 nitrogen and oxygen atoms in total. The predicted octanol–water partition coefficient (Wildman–Crippen LogP) is 4.41. The third kappa shape index (κ3) is 5.73. The van der Waals surface area contributed by atoms with E-state index in [1.165, 1.54) is 18.7 Å². The highest BCUT2D eigenvalue weighted by Crippen LogP contribution is 2.26. The van der Waals surface area contributed by atoms with E-state index in [4.69, 9.17) is 4.74 Å². The summed E-state index contributed by atoms with van der Waals surface area (Å²) in [6, 6.07) is 14.7. The monoisotopic (exact) mass is 438 g/mol. The number of ketones is 1. The summed E-state index contributed by atoms with van der Waals surface area (Å²) < 4.78 is 7.71. The van der Waals surface area contributed by atoms with E-state index in [2.05, 4.69) is 15.5 Å². The molecule has 8 heteroatoms. The van der Waals surface area contributed by atoms with Crippen molar-refractivity contribution >= 4 is 29.1 Å². The van der Waals surface area contributed by atoms with Crippen LogP contribution in [0.1, 0.15) is 42.0 Å². The minimum Gasteiger partial charge on any atom is -0.485 e. The Morgan fingerprint density at radius 1 is 1.13 bits per heavy atom. The first-order valence-electron chi connectivity index (χ1n) is 10.0. The summed E-state index contributed by atoms with van der Waals surface area (Å²) >= 11 is 1.36. The molecule has 162 valence electrons. The third-order valence-electron chi connectivity index (χ3n) is 4.85. The zero-order valence-electron chi connectivity index (χ0n) is 18.1. The number of nitrogens with one attached hydrogen (secondary N) is 1. The lowest BCUT2D eigenvalue weighted by atomic mass is 10.1. The minimum atomic E-state index is -0.333. The van der Waals surface area contributed by atoms with Crippen LogP contribution in [0.4, 0.5) is 5.69 Å². The molecule has 0 bridgehead atoms. The molecule has 3 rings (SSSR count). The number of aromatic nitrogens is 3. The first-order valence-corrected chi connectivity index (χ1v) is 10.9. The molecular formula is C23H26N4O3S. The topological polar surface area (TPSA) is 86.1 Å². The van der Waals surface area contributed by atoms with E-state index in [1.54, 1.807) is 24.3 Å². The van der Waals surface area contributed by atoms with Crippen molar-refractivity contribution in [3.8, 4) is 5.75 Å². The number of aryl methyl sites for hydroxylation is 1. The summed E-state index contributed by atoms with van der Waals surface area (Å²) in [4.78, 5) is 24.2. The van der Waals surface area contributed by atoms with Gasteiger partial charge in [-0.15, -0.1) is 10.2 Å². The molecule has 1 unspecified atom stereocenters.